The number of ether oxygens (including phenoxy) is 1. The van der Waals surface area contributed by atoms with Crippen molar-refractivity contribution in [3.63, 3.8) is 0 Å². The third-order valence-electron chi connectivity index (χ3n) is 5.45. The number of benzene rings is 2. The van der Waals surface area contributed by atoms with Gasteiger partial charge in [0.25, 0.3) is 16.0 Å². The van der Waals surface area contributed by atoms with E-state index in [1.807, 2.05) is 0 Å². The normalized spacial score (nSPS) is 14.5. The number of anilines is 1. The molecule has 1 fully saturated rings. The maximum absolute atomic E-state index is 12.5. The van der Waals surface area contributed by atoms with Gasteiger partial charge in [-0.3, -0.25) is 14.2 Å². The van der Waals surface area contributed by atoms with Gasteiger partial charge in [-0.15, -0.1) is 0 Å². The maximum atomic E-state index is 12.5. The Morgan fingerprint density at radius 3 is 2.17 bits per heavy atom. The van der Waals surface area contributed by atoms with Gasteiger partial charge in [0.2, 0.25) is 10.0 Å². The van der Waals surface area contributed by atoms with Crippen LogP contribution < -0.4 is 20.1 Å². The smallest absolute Gasteiger partial charge is 0.261 e. The van der Waals surface area contributed by atoms with Gasteiger partial charge in [0.15, 0.2) is 0 Å². The van der Waals surface area contributed by atoms with Crippen LogP contribution >= 0.6 is 0 Å². The van der Waals surface area contributed by atoms with E-state index >= 15 is 0 Å². The van der Waals surface area contributed by atoms with Crippen molar-refractivity contribution in [3.8, 4) is 5.75 Å². The molecular formula is C23H34N4O7S2. The second kappa shape index (κ2) is 13.0. The van der Waals surface area contributed by atoms with Gasteiger partial charge in [-0.2, -0.15) is 8.42 Å². The topological polar surface area (TPSA) is 159 Å². The third-order valence-corrected chi connectivity index (χ3v) is 6.36. The molecule has 2 aromatic carbocycles. The number of nitrogens with two attached hydrogens (primary N) is 1. The number of carbonyl (C=O) groups is 1. The summed E-state index contributed by atoms with van der Waals surface area (Å²) in [6.07, 6.45) is 1.51. The number of nitrogens with zero attached hydrogens (tertiary/aromatic N) is 2. The summed E-state index contributed by atoms with van der Waals surface area (Å²) in [5, 5.41) is 8.01. The molecule has 0 radical (unpaired) electrons. The molecule has 1 heterocycles. The molecule has 13 heteroatoms. The molecule has 0 unspecified atom stereocenters. The van der Waals surface area contributed by atoms with E-state index in [0.717, 1.165) is 39.1 Å². The number of hydrogen-bond acceptors (Lipinski definition) is 8. The Balaban J connectivity index is 0.000000830. The fraction of sp³-hybridized carbons (Fsp3) is 0.435. The average molecular weight is 543 g/mol. The second-order valence-corrected chi connectivity index (χ2v) is 11.4. The molecule has 0 spiro atoms. The summed E-state index contributed by atoms with van der Waals surface area (Å²) in [4.78, 5) is 17.2. The zero-order chi connectivity index (χ0) is 26.9. The summed E-state index contributed by atoms with van der Waals surface area (Å²) in [6, 6.07) is 12.6. The lowest BCUT2D eigenvalue weighted by Crippen LogP contribution is -2.47. The van der Waals surface area contributed by atoms with E-state index in [2.05, 4.69) is 46.3 Å². The first-order chi connectivity index (χ1) is 16.8. The molecule has 0 atom stereocenters. The number of sulfonamides is 1. The summed E-state index contributed by atoms with van der Waals surface area (Å²) in [6.45, 7) is 7.38. The van der Waals surface area contributed by atoms with Gasteiger partial charge < -0.3 is 15.0 Å². The molecule has 0 bridgehead atoms. The number of carbonyl (C=O) groups excluding carboxylic acids is 1. The quantitative estimate of drug-likeness (QED) is 0.328. The largest absolute Gasteiger partial charge is 0.496 e. The lowest BCUT2D eigenvalue weighted by atomic mass is 10.2. The van der Waals surface area contributed by atoms with E-state index in [1.165, 1.54) is 36.6 Å². The van der Waals surface area contributed by atoms with E-state index in [9.17, 15) is 21.6 Å². The Bertz CT molecular complexity index is 1220. The molecule has 0 aromatic heterocycles. The summed E-state index contributed by atoms with van der Waals surface area (Å²) < 4.78 is 54.2. The van der Waals surface area contributed by atoms with Crippen LogP contribution in [0.3, 0.4) is 0 Å². The van der Waals surface area contributed by atoms with Crippen LogP contribution in [0.2, 0.25) is 0 Å². The summed E-state index contributed by atoms with van der Waals surface area (Å²) in [5.74, 6) is -0.0799. The third kappa shape index (κ3) is 10.1. The van der Waals surface area contributed by atoms with Gasteiger partial charge in [-0.1, -0.05) is 17.7 Å². The van der Waals surface area contributed by atoms with Crippen LogP contribution in [0.5, 0.6) is 5.75 Å². The number of piperazine rings is 1. The molecule has 11 nitrogen and oxygen atoms in total. The molecule has 4 N–H and O–H groups in total. The minimum absolute atomic E-state index is 0.120. The standard InChI is InChI=1S/C22H30N4O4S.CH4O3S/c1-17-4-6-18(7-5-17)26-14-12-25(13-15-26)11-3-10-24-22(27)20-16-19(31(23,28)29)8-9-21(20)30-2;1-5(2,3)4/h4-9,16H,3,10-15H2,1-2H3,(H,24,27)(H2,23,28,29);1H3,(H,2,3,4). The predicted molar refractivity (Wildman–Crippen MR) is 139 cm³/mol. The fourth-order valence-electron chi connectivity index (χ4n) is 3.63. The molecule has 36 heavy (non-hydrogen) atoms. The Labute approximate surface area is 213 Å². The monoisotopic (exact) mass is 542 g/mol. The highest BCUT2D eigenvalue weighted by atomic mass is 32.2. The molecular weight excluding hydrogens is 508 g/mol. The molecule has 0 aliphatic carbocycles. The van der Waals surface area contributed by atoms with Crippen molar-refractivity contribution >= 4 is 31.7 Å². The van der Waals surface area contributed by atoms with Gasteiger partial charge in [0.1, 0.15) is 5.75 Å². The highest BCUT2D eigenvalue weighted by Crippen LogP contribution is 2.22. The number of methoxy groups -OCH3 is 1. The molecule has 0 saturated carbocycles. The maximum Gasteiger partial charge on any atom is 0.261 e. The van der Waals surface area contributed by atoms with Gasteiger partial charge in [0, 0.05) is 38.4 Å². The Morgan fingerprint density at radius 1 is 1.06 bits per heavy atom. The van der Waals surface area contributed by atoms with Gasteiger partial charge in [-0.25, -0.2) is 13.6 Å². The molecule has 200 valence electrons. The fourth-order valence-corrected chi connectivity index (χ4v) is 4.17. The first-order valence-electron chi connectivity index (χ1n) is 11.2. The molecule has 2 aromatic rings. The van der Waals surface area contributed by atoms with E-state index in [-0.39, 0.29) is 16.4 Å². The Kier molecular flexibility index (Phi) is 10.7. The summed E-state index contributed by atoms with van der Waals surface area (Å²) in [5.41, 5.74) is 2.67. The molecule has 1 saturated heterocycles. The van der Waals surface area contributed by atoms with Crippen molar-refractivity contribution in [2.75, 3.05) is 57.5 Å². The van der Waals surface area contributed by atoms with E-state index in [0.29, 0.717) is 18.6 Å². The lowest BCUT2D eigenvalue weighted by Gasteiger charge is -2.36. The van der Waals surface area contributed by atoms with Crippen molar-refractivity contribution in [1.82, 2.24) is 10.2 Å². The first kappa shape index (κ1) is 29.5. The van der Waals surface area contributed by atoms with Crippen LogP contribution in [0.4, 0.5) is 5.69 Å². The van der Waals surface area contributed by atoms with Gasteiger partial charge >= 0.3 is 0 Å². The predicted octanol–water partition coefficient (Wildman–Crippen LogP) is 1.10. The number of primary sulfonamides is 1. The number of rotatable bonds is 8. The van der Waals surface area contributed by atoms with Crippen LogP contribution in [0.25, 0.3) is 0 Å². The van der Waals surface area contributed by atoms with Gasteiger partial charge in [0.05, 0.1) is 23.8 Å². The van der Waals surface area contributed by atoms with E-state index in [1.54, 1.807) is 0 Å². The van der Waals surface area contributed by atoms with Crippen LogP contribution in [0.15, 0.2) is 47.4 Å². The van der Waals surface area contributed by atoms with Crippen LogP contribution in [0, 0.1) is 6.92 Å². The number of hydrogen-bond donors (Lipinski definition) is 3. The minimum Gasteiger partial charge on any atom is -0.496 e. The van der Waals surface area contributed by atoms with Crippen LogP contribution in [0.1, 0.15) is 22.3 Å². The Hall–Kier alpha value is -2.71. The molecule has 1 aliphatic heterocycles. The molecule has 3 rings (SSSR count). The SMILES string of the molecule is COc1ccc(S(N)(=O)=O)cc1C(=O)NCCCN1CCN(c2ccc(C)cc2)CC1.CS(=O)(=O)O. The van der Waals surface area contributed by atoms with Crippen LogP contribution in [-0.4, -0.2) is 84.8 Å². The van der Waals surface area contributed by atoms with Crippen molar-refractivity contribution in [1.29, 1.82) is 0 Å². The van der Waals surface area contributed by atoms with E-state index in [4.69, 9.17) is 14.4 Å². The zero-order valence-electron chi connectivity index (χ0n) is 20.7. The average Bonchev–Trinajstić information content (AvgIpc) is 2.80. The summed E-state index contributed by atoms with van der Waals surface area (Å²) in [7, 11) is -6.13. The molecule has 1 amide bonds. The second-order valence-electron chi connectivity index (χ2n) is 8.41. The minimum atomic E-state index is -3.90. The van der Waals surface area contributed by atoms with Gasteiger partial charge in [-0.05, 0) is 50.2 Å². The highest BCUT2D eigenvalue weighted by molar-refractivity contribution is 7.89. The van der Waals surface area contributed by atoms with Crippen molar-refractivity contribution in [2.24, 2.45) is 5.14 Å². The zero-order valence-corrected chi connectivity index (χ0v) is 22.3. The number of nitrogens with one attached hydrogen (secondary N) is 1. The van der Waals surface area contributed by atoms with Crippen molar-refractivity contribution < 1.29 is 30.9 Å². The lowest BCUT2D eigenvalue weighted by molar-refractivity contribution is 0.0948. The van der Waals surface area contributed by atoms with Crippen LogP contribution in [-0.2, 0) is 20.1 Å². The summed E-state index contributed by atoms with van der Waals surface area (Å²) >= 11 is 0. The van der Waals surface area contributed by atoms with E-state index < -0.39 is 20.1 Å². The number of aryl methyl sites for hydroxylation is 1. The molecule has 1 aliphatic rings. The Morgan fingerprint density at radius 2 is 1.64 bits per heavy atom. The number of amides is 1. The van der Waals surface area contributed by atoms with Crippen molar-refractivity contribution in [2.45, 2.75) is 18.2 Å². The van der Waals surface area contributed by atoms with Crippen molar-refractivity contribution in [3.05, 3.63) is 53.6 Å². The highest BCUT2D eigenvalue weighted by Gasteiger charge is 2.19. The first-order valence-corrected chi connectivity index (χ1v) is 14.6.